The summed E-state index contributed by atoms with van der Waals surface area (Å²) in [5.41, 5.74) is 1.18. The van der Waals surface area contributed by atoms with Gasteiger partial charge in [-0.05, 0) is 32.4 Å². The summed E-state index contributed by atoms with van der Waals surface area (Å²) in [5.74, 6) is -0.106. The Balaban J connectivity index is 2.32. The third-order valence-electron chi connectivity index (χ3n) is 2.89. The second-order valence-electron chi connectivity index (χ2n) is 4.87. The minimum Gasteiger partial charge on any atom is -0.389 e. The zero-order valence-corrected chi connectivity index (χ0v) is 11.3. The van der Waals surface area contributed by atoms with E-state index in [9.17, 15) is 9.90 Å². The molecule has 0 saturated carbocycles. The van der Waals surface area contributed by atoms with Crippen molar-refractivity contribution >= 4 is 11.6 Å². The molecule has 0 saturated heterocycles. The molecule has 0 heterocycles. The van der Waals surface area contributed by atoms with Gasteiger partial charge in [-0.3, -0.25) is 4.79 Å². The number of carbonyl (C=O) groups excluding carboxylic acids is 1. The summed E-state index contributed by atoms with van der Waals surface area (Å²) in [6.07, 6.45) is 0.652. The molecular weight excluding hydrogens is 228 g/mol. The van der Waals surface area contributed by atoms with E-state index >= 15 is 0 Å². The fourth-order valence-corrected chi connectivity index (χ4v) is 1.41. The topological polar surface area (TPSA) is 61.4 Å². The fraction of sp³-hybridized carbons (Fsp3) is 0.500. The van der Waals surface area contributed by atoms with Crippen molar-refractivity contribution in [3.63, 3.8) is 0 Å². The van der Waals surface area contributed by atoms with E-state index in [0.29, 0.717) is 13.0 Å². The number of hydrogen-bond acceptors (Lipinski definition) is 3. The van der Waals surface area contributed by atoms with Crippen LogP contribution in [0.4, 0.5) is 5.69 Å². The molecule has 0 bridgehead atoms. The van der Waals surface area contributed by atoms with Crippen LogP contribution >= 0.6 is 0 Å². The quantitative estimate of drug-likeness (QED) is 0.720. The maximum absolute atomic E-state index is 11.6. The van der Waals surface area contributed by atoms with Crippen LogP contribution in [0.15, 0.2) is 24.3 Å². The zero-order chi connectivity index (χ0) is 13.6. The second-order valence-corrected chi connectivity index (χ2v) is 4.87. The maximum Gasteiger partial charge on any atom is 0.238 e. The van der Waals surface area contributed by atoms with Crippen molar-refractivity contribution in [2.75, 3.05) is 18.4 Å². The highest BCUT2D eigenvalue weighted by molar-refractivity contribution is 5.92. The Morgan fingerprint density at radius 3 is 2.50 bits per heavy atom. The van der Waals surface area contributed by atoms with E-state index in [1.165, 1.54) is 0 Å². The van der Waals surface area contributed by atoms with Gasteiger partial charge in [0.15, 0.2) is 0 Å². The van der Waals surface area contributed by atoms with Gasteiger partial charge in [-0.1, -0.05) is 24.6 Å². The molecule has 3 N–H and O–H groups in total. The third kappa shape index (κ3) is 5.29. The Labute approximate surface area is 108 Å². The normalized spacial score (nSPS) is 14.0. The predicted octanol–water partition coefficient (Wildman–Crippen LogP) is 1.68. The molecule has 1 aromatic carbocycles. The van der Waals surface area contributed by atoms with Gasteiger partial charge < -0.3 is 15.7 Å². The molecular formula is C14H22N2O2. The SMILES string of the molecule is CCC(C)(O)CNCC(=O)Nc1ccc(C)cc1. The van der Waals surface area contributed by atoms with Crippen LogP contribution in [-0.2, 0) is 4.79 Å². The largest absolute Gasteiger partial charge is 0.389 e. The molecule has 1 amide bonds. The number of rotatable bonds is 6. The lowest BCUT2D eigenvalue weighted by molar-refractivity contribution is -0.115. The highest BCUT2D eigenvalue weighted by atomic mass is 16.3. The molecule has 100 valence electrons. The van der Waals surface area contributed by atoms with E-state index in [1.54, 1.807) is 6.92 Å². The van der Waals surface area contributed by atoms with Gasteiger partial charge in [-0.15, -0.1) is 0 Å². The molecule has 1 rings (SSSR count). The van der Waals surface area contributed by atoms with E-state index in [0.717, 1.165) is 11.3 Å². The summed E-state index contributed by atoms with van der Waals surface area (Å²) < 4.78 is 0. The number of aryl methyl sites for hydroxylation is 1. The van der Waals surface area contributed by atoms with Crippen molar-refractivity contribution < 1.29 is 9.90 Å². The van der Waals surface area contributed by atoms with Crippen LogP contribution in [0, 0.1) is 6.92 Å². The van der Waals surface area contributed by atoms with Gasteiger partial charge in [-0.2, -0.15) is 0 Å². The minimum atomic E-state index is -0.760. The summed E-state index contributed by atoms with van der Waals surface area (Å²) in [5, 5.41) is 15.5. The minimum absolute atomic E-state index is 0.106. The summed E-state index contributed by atoms with van der Waals surface area (Å²) in [7, 11) is 0. The van der Waals surface area contributed by atoms with Gasteiger partial charge in [0.25, 0.3) is 0 Å². The molecule has 0 fully saturated rings. The highest BCUT2D eigenvalue weighted by Crippen LogP contribution is 2.08. The van der Waals surface area contributed by atoms with Crippen molar-refractivity contribution in [3.8, 4) is 0 Å². The smallest absolute Gasteiger partial charge is 0.238 e. The maximum atomic E-state index is 11.6. The molecule has 18 heavy (non-hydrogen) atoms. The van der Waals surface area contributed by atoms with Gasteiger partial charge in [0, 0.05) is 12.2 Å². The molecule has 0 radical (unpaired) electrons. The predicted molar refractivity (Wildman–Crippen MR) is 73.6 cm³/mol. The van der Waals surface area contributed by atoms with E-state index in [4.69, 9.17) is 0 Å². The first-order chi connectivity index (χ1) is 8.43. The molecule has 1 atom stereocenters. The second kappa shape index (κ2) is 6.52. The average Bonchev–Trinajstić information content (AvgIpc) is 2.32. The molecule has 0 aliphatic carbocycles. The molecule has 0 aliphatic heterocycles. The number of hydrogen-bond donors (Lipinski definition) is 3. The zero-order valence-electron chi connectivity index (χ0n) is 11.3. The van der Waals surface area contributed by atoms with Crippen LogP contribution in [0.3, 0.4) is 0 Å². The van der Waals surface area contributed by atoms with Crippen LogP contribution in [0.5, 0.6) is 0 Å². The standard InChI is InChI=1S/C14H22N2O2/c1-4-14(3,18)10-15-9-13(17)16-12-7-5-11(2)6-8-12/h5-8,15,18H,4,9-10H2,1-3H3,(H,16,17). The Kier molecular flexibility index (Phi) is 5.31. The van der Waals surface area contributed by atoms with Crippen molar-refractivity contribution in [2.24, 2.45) is 0 Å². The van der Waals surface area contributed by atoms with Crippen molar-refractivity contribution in [1.82, 2.24) is 5.32 Å². The van der Waals surface area contributed by atoms with Crippen molar-refractivity contribution in [2.45, 2.75) is 32.8 Å². The molecule has 4 heteroatoms. The number of aliphatic hydroxyl groups is 1. The van der Waals surface area contributed by atoms with Gasteiger partial charge in [-0.25, -0.2) is 0 Å². The van der Waals surface area contributed by atoms with Gasteiger partial charge in [0.2, 0.25) is 5.91 Å². The lowest BCUT2D eigenvalue weighted by atomic mass is 10.0. The number of amides is 1. The highest BCUT2D eigenvalue weighted by Gasteiger charge is 2.16. The van der Waals surface area contributed by atoms with Crippen molar-refractivity contribution in [3.05, 3.63) is 29.8 Å². The summed E-state index contributed by atoms with van der Waals surface area (Å²) in [4.78, 5) is 11.6. The molecule has 0 spiro atoms. The summed E-state index contributed by atoms with van der Waals surface area (Å²) >= 11 is 0. The molecule has 0 aliphatic rings. The monoisotopic (exact) mass is 250 g/mol. The van der Waals surface area contributed by atoms with E-state index in [2.05, 4.69) is 10.6 Å². The van der Waals surface area contributed by atoms with Crippen molar-refractivity contribution in [1.29, 1.82) is 0 Å². The first kappa shape index (κ1) is 14.7. The Bertz CT molecular complexity index is 385. The first-order valence-corrected chi connectivity index (χ1v) is 6.22. The number of benzene rings is 1. The van der Waals surface area contributed by atoms with Gasteiger partial charge >= 0.3 is 0 Å². The van der Waals surface area contributed by atoms with Crippen LogP contribution in [0.25, 0.3) is 0 Å². The average molecular weight is 250 g/mol. The molecule has 0 aromatic heterocycles. The van der Waals surface area contributed by atoms with Crippen LogP contribution in [-0.4, -0.2) is 29.7 Å². The fourth-order valence-electron chi connectivity index (χ4n) is 1.41. The Morgan fingerprint density at radius 1 is 1.33 bits per heavy atom. The van der Waals surface area contributed by atoms with Gasteiger partial charge in [0.1, 0.15) is 0 Å². The first-order valence-electron chi connectivity index (χ1n) is 6.22. The van der Waals surface area contributed by atoms with Crippen LogP contribution in [0.1, 0.15) is 25.8 Å². The summed E-state index contributed by atoms with van der Waals surface area (Å²) in [6.45, 7) is 6.26. The lowest BCUT2D eigenvalue weighted by Gasteiger charge is -2.21. The number of nitrogens with one attached hydrogen (secondary N) is 2. The Morgan fingerprint density at radius 2 is 1.94 bits per heavy atom. The number of anilines is 1. The van der Waals surface area contributed by atoms with E-state index < -0.39 is 5.60 Å². The third-order valence-corrected chi connectivity index (χ3v) is 2.89. The van der Waals surface area contributed by atoms with E-state index in [-0.39, 0.29) is 12.5 Å². The van der Waals surface area contributed by atoms with Gasteiger partial charge in [0.05, 0.1) is 12.1 Å². The van der Waals surface area contributed by atoms with E-state index in [1.807, 2.05) is 38.1 Å². The van der Waals surface area contributed by atoms with Crippen LogP contribution < -0.4 is 10.6 Å². The lowest BCUT2D eigenvalue weighted by Crippen LogP contribution is -2.40. The number of carbonyl (C=O) groups is 1. The summed E-state index contributed by atoms with van der Waals surface area (Å²) in [6, 6.07) is 7.64. The van der Waals surface area contributed by atoms with Crippen LogP contribution in [0.2, 0.25) is 0 Å². The molecule has 1 aromatic rings. The molecule has 4 nitrogen and oxygen atoms in total. The Hall–Kier alpha value is -1.39. The molecule has 1 unspecified atom stereocenters.